The van der Waals surface area contributed by atoms with E-state index in [1.807, 2.05) is 25.7 Å². The summed E-state index contributed by atoms with van der Waals surface area (Å²) in [4.78, 5) is 15.6. The highest BCUT2D eigenvalue weighted by atomic mass is 32.1. The van der Waals surface area contributed by atoms with Crippen molar-refractivity contribution in [3.05, 3.63) is 28.5 Å². The number of amides is 1. The van der Waals surface area contributed by atoms with Gasteiger partial charge in [0.25, 0.3) is 0 Å². The molecular weight excluding hydrogens is 270 g/mol. The van der Waals surface area contributed by atoms with Gasteiger partial charge in [-0.15, -0.1) is 11.3 Å². The first-order valence-corrected chi connectivity index (χ1v) is 8.08. The number of rotatable bonds is 1. The van der Waals surface area contributed by atoms with Crippen LogP contribution in [-0.2, 0) is 4.74 Å². The van der Waals surface area contributed by atoms with Crippen LogP contribution >= 0.6 is 11.3 Å². The van der Waals surface area contributed by atoms with E-state index in [1.54, 1.807) is 11.3 Å². The van der Waals surface area contributed by atoms with Crippen LogP contribution in [0, 0.1) is 0 Å². The van der Waals surface area contributed by atoms with Gasteiger partial charge in [-0.3, -0.25) is 4.90 Å². The molecule has 2 aliphatic heterocycles. The van der Waals surface area contributed by atoms with Gasteiger partial charge in [-0.2, -0.15) is 0 Å². The van der Waals surface area contributed by atoms with Crippen LogP contribution in [0.4, 0.5) is 4.79 Å². The monoisotopic (exact) mass is 291 g/mol. The topological polar surface area (TPSA) is 29.5 Å². The van der Waals surface area contributed by atoms with Crippen LogP contribution in [0.15, 0.2) is 23.6 Å². The molecule has 108 valence electrons. The number of nitrogens with zero attached hydrogens (tertiary/aromatic N) is 1. The summed E-state index contributed by atoms with van der Waals surface area (Å²) in [5, 5.41) is 2.11. The van der Waals surface area contributed by atoms with E-state index in [0.717, 1.165) is 19.3 Å². The van der Waals surface area contributed by atoms with Crippen LogP contribution in [0.2, 0.25) is 0 Å². The number of carbonyl (C=O) groups is 1. The van der Waals surface area contributed by atoms with Gasteiger partial charge < -0.3 is 4.74 Å². The summed E-state index contributed by atoms with van der Waals surface area (Å²) < 4.78 is 5.54. The summed E-state index contributed by atoms with van der Waals surface area (Å²) in [6, 6.07) is 4.76. The zero-order valence-corrected chi connectivity index (χ0v) is 13.1. The molecule has 0 N–H and O–H groups in total. The lowest BCUT2D eigenvalue weighted by molar-refractivity contribution is 0.0175. The highest BCUT2D eigenvalue weighted by Gasteiger charge is 2.41. The molecule has 1 amide bonds. The van der Waals surface area contributed by atoms with E-state index in [4.69, 9.17) is 4.74 Å². The Morgan fingerprint density at radius 3 is 2.80 bits per heavy atom. The molecule has 1 aromatic heterocycles. The first-order valence-electron chi connectivity index (χ1n) is 7.20. The van der Waals surface area contributed by atoms with E-state index in [2.05, 4.69) is 23.6 Å². The van der Waals surface area contributed by atoms with E-state index in [-0.39, 0.29) is 12.1 Å². The highest BCUT2D eigenvalue weighted by molar-refractivity contribution is 7.11. The van der Waals surface area contributed by atoms with E-state index in [1.165, 1.54) is 10.5 Å². The van der Waals surface area contributed by atoms with E-state index < -0.39 is 5.60 Å². The van der Waals surface area contributed by atoms with Crippen molar-refractivity contribution in [2.24, 2.45) is 0 Å². The van der Waals surface area contributed by atoms with Gasteiger partial charge in [0.2, 0.25) is 0 Å². The molecular formula is C16H21NO2S. The van der Waals surface area contributed by atoms with Crippen LogP contribution < -0.4 is 0 Å². The van der Waals surface area contributed by atoms with E-state index >= 15 is 0 Å². The predicted octanol–water partition coefficient (Wildman–Crippen LogP) is 4.30. The molecule has 4 heteroatoms. The minimum atomic E-state index is -0.422. The Bertz CT molecular complexity index is 527. The summed E-state index contributed by atoms with van der Waals surface area (Å²) in [5.74, 6) is 0. The lowest BCUT2D eigenvalue weighted by Gasteiger charge is -2.35. The van der Waals surface area contributed by atoms with Crippen molar-refractivity contribution in [3.63, 3.8) is 0 Å². The van der Waals surface area contributed by atoms with Gasteiger partial charge in [-0.05, 0) is 57.1 Å². The molecule has 0 aromatic carbocycles. The maximum Gasteiger partial charge on any atom is 0.411 e. The average Bonchev–Trinajstić information content (AvgIpc) is 2.94. The smallest absolute Gasteiger partial charge is 0.411 e. The molecule has 2 aliphatic rings. The number of carbonyl (C=O) groups excluding carboxylic acids is 1. The summed E-state index contributed by atoms with van der Waals surface area (Å²) in [6.45, 7) is 5.76. The van der Waals surface area contributed by atoms with Gasteiger partial charge in [0.15, 0.2) is 0 Å². The van der Waals surface area contributed by atoms with Crippen molar-refractivity contribution in [1.29, 1.82) is 0 Å². The third-order valence-corrected chi connectivity index (χ3v) is 4.78. The van der Waals surface area contributed by atoms with Gasteiger partial charge in [-0.1, -0.05) is 12.1 Å². The van der Waals surface area contributed by atoms with Gasteiger partial charge in [0.05, 0.1) is 6.04 Å². The third-order valence-electron chi connectivity index (χ3n) is 3.84. The summed E-state index contributed by atoms with van der Waals surface area (Å²) >= 11 is 1.78. The van der Waals surface area contributed by atoms with Gasteiger partial charge in [-0.25, -0.2) is 4.79 Å². The lowest BCUT2D eigenvalue weighted by atomic mass is 10.0. The maximum absolute atomic E-state index is 12.3. The minimum absolute atomic E-state index is 0.161. The molecule has 0 spiro atoms. The molecule has 0 radical (unpaired) electrons. The SMILES string of the molecule is CC(C)(C)OC(=O)N1C2C=C(c3cccs3)CC1CC2. The zero-order chi connectivity index (χ0) is 14.3. The largest absolute Gasteiger partial charge is 0.444 e. The second-order valence-electron chi connectivity index (χ2n) is 6.56. The number of hydrogen-bond donors (Lipinski definition) is 0. The molecule has 3 rings (SSSR count). The molecule has 2 unspecified atom stereocenters. The standard InChI is InChI=1S/C16H21NO2S/c1-16(2,3)19-15(18)17-12-6-7-13(17)10-11(9-12)14-5-4-8-20-14/h4-5,8-9,12-13H,6-7,10H2,1-3H3. The quantitative estimate of drug-likeness (QED) is 0.772. The van der Waals surface area contributed by atoms with Gasteiger partial charge in [0, 0.05) is 10.9 Å². The van der Waals surface area contributed by atoms with Crippen molar-refractivity contribution in [1.82, 2.24) is 4.90 Å². The Morgan fingerprint density at radius 1 is 1.40 bits per heavy atom. The number of thiophene rings is 1. The zero-order valence-electron chi connectivity index (χ0n) is 12.3. The Morgan fingerprint density at radius 2 is 2.20 bits per heavy atom. The summed E-state index contributed by atoms with van der Waals surface area (Å²) in [5.41, 5.74) is 0.973. The molecule has 20 heavy (non-hydrogen) atoms. The van der Waals surface area contributed by atoms with Crippen LogP contribution in [-0.4, -0.2) is 28.7 Å². The van der Waals surface area contributed by atoms with E-state index in [0.29, 0.717) is 6.04 Å². The molecule has 3 nitrogen and oxygen atoms in total. The fourth-order valence-corrected chi connectivity index (χ4v) is 3.84. The minimum Gasteiger partial charge on any atom is -0.444 e. The van der Waals surface area contributed by atoms with Crippen molar-refractivity contribution in [2.45, 2.75) is 57.7 Å². The molecule has 1 fully saturated rings. The van der Waals surface area contributed by atoms with Crippen LogP contribution in [0.3, 0.4) is 0 Å². The molecule has 1 aromatic rings. The summed E-state index contributed by atoms with van der Waals surface area (Å²) in [6.07, 6.45) is 5.19. The van der Waals surface area contributed by atoms with Crippen LogP contribution in [0.5, 0.6) is 0 Å². The Hall–Kier alpha value is -1.29. The van der Waals surface area contributed by atoms with Crippen molar-refractivity contribution in [3.8, 4) is 0 Å². The second-order valence-corrected chi connectivity index (χ2v) is 7.51. The molecule has 2 bridgehead atoms. The molecule has 0 aliphatic carbocycles. The third kappa shape index (κ3) is 2.62. The average molecular weight is 291 g/mol. The Balaban J connectivity index is 1.79. The molecule has 2 atom stereocenters. The van der Waals surface area contributed by atoms with Gasteiger partial charge >= 0.3 is 6.09 Å². The van der Waals surface area contributed by atoms with Crippen LogP contribution in [0.1, 0.15) is 44.9 Å². The Labute approximate surface area is 124 Å². The van der Waals surface area contributed by atoms with E-state index in [9.17, 15) is 4.79 Å². The van der Waals surface area contributed by atoms with Crippen LogP contribution in [0.25, 0.3) is 5.57 Å². The highest BCUT2D eigenvalue weighted by Crippen LogP contribution is 2.40. The summed E-state index contributed by atoms with van der Waals surface area (Å²) in [7, 11) is 0. The molecule has 0 saturated carbocycles. The van der Waals surface area contributed by atoms with Crippen molar-refractivity contribution in [2.75, 3.05) is 0 Å². The first-order chi connectivity index (χ1) is 9.44. The van der Waals surface area contributed by atoms with Crippen molar-refractivity contribution < 1.29 is 9.53 Å². The fraction of sp³-hybridized carbons (Fsp3) is 0.562. The maximum atomic E-state index is 12.3. The number of fused-ring (bicyclic) bond motifs is 2. The molecule has 1 saturated heterocycles. The second kappa shape index (κ2) is 4.92. The molecule has 3 heterocycles. The normalized spacial score (nSPS) is 25.6. The Kier molecular flexibility index (Phi) is 3.36. The van der Waals surface area contributed by atoms with Gasteiger partial charge in [0.1, 0.15) is 5.60 Å². The van der Waals surface area contributed by atoms with Crippen molar-refractivity contribution >= 4 is 23.0 Å². The fourth-order valence-electron chi connectivity index (χ4n) is 3.07. The predicted molar refractivity (Wildman–Crippen MR) is 81.8 cm³/mol. The number of hydrogen-bond acceptors (Lipinski definition) is 3. The first kappa shape index (κ1) is 13.7. The number of ether oxygens (including phenoxy) is 1. The lowest BCUT2D eigenvalue weighted by Crippen LogP contribution is -2.45.